The smallest absolute Gasteiger partial charge is 0.126 e. The van der Waals surface area contributed by atoms with Gasteiger partial charge in [0.2, 0.25) is 0 Å². The average molecular weight is 195 g/mol. The third-order valence-corrected chi connectivity index (χ3v) is 2.12. The number of aliphatic hydroxyl groups is 1. The molecular weight excluding hydrogens is 178 g/mol. The van der Waals surface area contributed by atoms with E-state index in [0.29, 0.717) is 11.6 Å². The average Bonchev–Trinajstić information content (AvgIpc) is 2.16. The molecule has 0 saturated heterocycles. The highest BCUT2D eigenvalue weighted by atomic mass is 16.3. The summed E-state index contributed by atoms with van der Waals surface area (Å²) in [6.45, 7) is 4.19. The second kappa shape index (κ2) is 4.81. The summed E-state index contributed by atoms with van der Waals surface area (Å²) in [4.78, 5) is 4.10. The van der Waals surface area contributed by atoms with Crippen molar-refractivity contribution < 1.29 is 5.11 Å². The molecule has 0 amide bonds. The Kier molecular flexibility index (Phi) is 3.71. The second-order valence-corrected chi connectivity index (χ2v) is 3.65. The van der Waals surface area contributed by atoms with Crippen LogP contribution in [0.5, 0.6) is 0 Å². The number of nitrogens with one attached hydrogen (secondary N) is 1. The Morgan fingerprint density at radius 3 is 2.64 bits per heavy atom. The number of anilines is 2. The molecule has 0 aliphatic rings. The van der Waals surface area contributed by atoms with E-state index in [-0.39, 0.29) is 12.6 Å². The van der Waals surface area contributed by atoms with E-state index < -0.39 is 0 Å². The molecule has 4 nitrogen and oxygen atoms in total. The van der Waals surface area contributed by atoms with Gasteiger partial charge in [-0.3, -0.25) is 0 Å². The van der Waals surface area contributed by atoms with E-state index in [4.69, 9.17) is 10.8 Å². The molecule has 0 bridgehead atoms. The van der Waals surface area contributed by atoms with Crippen molar-refractivity contribution in [2.24, 2.45) is 5.92 Å². The Morgan fingerprint density at radius 2 is 2.21 bits per heavy atom. The highest BCUT2D eigenvalue weighted by molar-refractivity contribution is 5.44. The van der Waals surface area contributed by atoms with Crippen molar-refractivity contribution in [2.75, 3.05) is 17.7 Å². The molecule has 14 heavy (non-hydrogen) atoms. The van der Waals surface area contributed by atoms with Gasteiger partial charge < -0.3 is 16.2 Å². The first-order valence-corrected chi connectivity index (χ1v) is 4.72. The molecule has 1 rings (SSSR count). The van der Waals surface area contributed by atoms with Gasteiger partial charge in [0.15, 0.2) is 0 Å². The van der Waals surface area contributed by atoms with Crippen LogP contribution in [0.15, 0.2) is 18.3 Å². The zero-order chi connectivity index (χ0) is 10.6. The Bertz CT molecular complexity index is 271. The summed E-state index contributed by atoms with van der Waals surface area (Å²) in [5.41, 5.74) is 6.15. The standard InChI is InChI=1S/C10H17N3O/c1-7(2)9(6-14)13-10-4-3-8(11)5-12-10/h3-5,7,9,14H,6,11H2,1-2H3,(H,12,13). The van der Waals surface area contributed by atoms with Crippen molar-refractivity contribution in [2.45, 2.75) is 19.9 Å². The van der Waals surface area contributed by atoms with Crippen LogP contribution in [-0.4, -0.2) is 22.7 Å². The Hall–Kier alpha value is -1.29. The molecule has 1 aromatic heterocycles. The minimum atomic E-state index is 0.0334. The van der Waals surface area contributed by atoms with E-state index in [0.717, 1.165) is 5.82 Å². The number of hydrogen-bond acceptors (Lipinski definition) is 4. The van der Waals surface area contributed by atoms with Crippen LogP contribution < -0.4 is 11.1 Å². The van der Waals surface area contributed by atoms with Gasteiger partial charge in [0.25, 0.3) is 0 Å². The van der Waals surface area contributed by atoms with Crippen molar-refractivity contribution >= 4 is 11.5 Å². The predicted molar refractivity (Wildman–Crippen MR) is 58.0 cm³/mol. The van der Waals surface area contributed by atoms with Crippen LogP contribution in [0.2, 0.25) is 0 Å². The summed E-state index contributed by atoms with van der Waals surface area (Å²) in [6.07, 6.45) is 1.59. The van der Waals surface area contributed by atoms with E-state index in [9.17, 15) is 0 Å². The van der Waals surface area contributed by atoms with Crippen LogP contribution in [0.4, 0.5) is 11.5 Å². The lowest BCUT2D eigenvalue weighted by Gasteiger charge is -2.20. The molecule has 0 aromatic carbocycles. The summed E-state index contributed by atoms with van der Waals surface area (Å²) < 4.78 is 0. The molecule has 0 aliphatic carbocycles. The summed E-state index contributed by atoms with van der Waals surface area (Å²) in [7, 11) is 0. The van der Waals surface area contributed by atoms with Crippen LogP contribution in [0.1, 0.15) is 13.8 Å². The van der Waals surface area contributed by atoms with Crippen LogP contribution in [0.3, 0.4) is 0 Å². The Morgan fingerprint density at radius 1 is 1.50 bits per heavy atom. The lowest BCUT2D eigenvalue weighted by atomic mass is 10.1. The van der Waals surface area contributed by atoms with Crippen LogP contribution in [0.25, 0.3) is 0 Å². The molecule has 78 valence electrons. The molecule has 4 heteroatoms. The van der Waals surface area contributed by atoms with Gasteiger partial charge in [-0.25, -0.2) is 4.98 Å². The number of nitrogen functional groups attached to an aromatic ring is 1. The second-order valence-electron chi connectivity index (χ2n) is 3.65. The fraction of sp³-hybridized carbons (Fsp3) is 0.500. The van der Waals surface area contributed by atoms with E-state index in [1.54, 1.807) is 18.3 Å². The highest BCUT2D eigenvalue weighted by Crippen LogP contribution is 2.11. The van der Waals surface area contributed by atoms with Crippen molar-refractivity contribution in [1.29, 1.82) is 0 Å². The predicted octanol–water partition coefficient (Wildman–Crippen LogP) is 1.09. The first kappa shape index (κ1) is 10.8. The van der Waals surface area contributed by atoms with Crippen LogP contribution in [-0.2, 0) is 0 Å². The normalized spacial score (nSPS) is 12.9. The number of nitrogens with two attached hydrogens (primary N) is 1. The van der Waals surface area contributed by atoms with Gasteiger partial charge in [-0.1, -0.05) is 13.8 Å². The molecule has 1 atom stereocenters. The monoisotopic (exact) mass is 195 g/mol. The zero-order valence-corrected chi connectivity index (χ0v) is 8.57. The van der Waals surface area contributed by atoms with Gasteiger partial charge in [0.05, 0.1) is 24.5 Å². The van der Waals surface area contributed by atoms with Gasteiger partial charge in [-0.2, -0.15) is 0 Å². The summed E-state index contributed by atoms with van der Waals surface area (Å²) in [6, 6.07) is 3.62. The first-order valence-electron chi connectivity index (χ1n) is 4.72. The molecule has 1 unspecified atom stereocenters. The fourth-order valence-electron chi connectivity index (χ4n) is 1.10. The van der Waals surface area contributed by atoms with Gasteiger partial charge in [0, 0.05) is 0 Å². The molecule has 1 heterocycles. The molecule has 0 aliphatic heterocycles. The quantitative estimate of drug-likeness (QED) is 0.672. The zero-order valence-electron chi connectivity index (χ0n) is 8.57. The van der Waals surface area contributed by atoms with Gasteiger partial charge in [-0.15, -0.1) is 0 Å². The molecule has 0 radical (unpaired) electrons. The maximum Gasteiger partial charge on any atom is 0.126 e. The highest BCUT2D eigenvalue weighted by Gasteiger charge is 2.11. The first-order chi connectivity index (χ1) is 6.63. The van der Waals surface area contributed by atoms with Crippen LogP contribution >= 0.6 is 0 Å². The maximum absolute atomic E-state index is 9.10. The van der Waals surface area contributed by atoms with Crippen LogP contribution in [0, 0.1) is 5.92 Å². The number of rotatable bonds is 4. The van der Waals surface area contributed by atoms with E-state index in [1.807, 2.05) is 13.8 Å². The van der Waals surface area contributed by atoms with Gasteiger partial charge in [0.1, 0.15) is 5.82 Å². The maximum atomic E-state index is 9.10. The van der Waals surface area contributed by atoms with Gasteiger partial charge >= 0.3 is 0 Å². The SMILES string of the molecule is CC(C)C(CO)Nc1ccc(N)cn1. The van der Waals surface area contributed by atoms with Gasteiger partial charge in [-0.05, 0) is 18.1 Å². The minimum absolute atomic E-state index is 0.0334. The molecule has 0 spiro atoms. The van der Waals surface area contributed by atoms with E-state index >= 15 is 0 Å². The summed E-state index contributed by atoms with van der Waals surface area (Å²) in [5.74, 6) is 1.10. The van der Waals surface area contributed by atoms with Crippen molar-refractivity contribution in [3.8, 4) is 0 Å². The topological polar surface area (TPSA) is 71.2 Å². The third-order valence-electron chi connectivity index (χ3n) is 2.12. The number of pyridine rings is 1. The van der Waals surface area contributed by atoms with Crippen molar-refractivity contribution in [3.05, 3.63) is 18.3 Å². The molecular formula is C10H17N3O. The Balaban J connectivity index is 2.63. The summed E-state index contributed by atoms with van der Waals surface area (Å²) >= 11 is 0. The van der Waals surface area contributed by atoms with E-state index in [2.05, 4.69) is 10.3 Å². The molecule has 0 fully saturated rings. The Labute approximate surface area is 84.2 Å². The number of aromatic nitrogens is 1. The molecule has 1 aromatic rings. The number of nitrogens with zero attached hydrogens (tertiary/aromatic N) is 1. The molecule has 4 N–H and O–H groups in total. The minimum Gasteiger partial charge on any atom is -0.397 e. The van der Waals surface area contributed by atoms with E-state index in [1.165, 1.54) is 0 Å². The number of hydrogen-bond donors (Lipinski definition) is 3. The lowest BCUT2D eigenvalue weighted by Crippen LogP contribution is -2.29. The van der Waals surface area contributed by atoms with Crippen molar-refractivity contribution in [3.63, 3.8) is 0 Å². The van der Waals surface area contributed by atoms with Crippen molar-refractivity contribution in [1.82, 2.24) is 4.98 Å². The third kappa shape index (κ3) is 2.88. The summed E-state index contributed by atoms with van der Waals surface area (Å²) in [5, 5.41) is 12.2. The fourth-order valence-corrected chi connectivity index (χ4v) is 1.10. The molecule has 0 saturated carbocycles. The lowest BCUT2D eigenvalue weighted by molar-refractivity contribution is 0.249. The number of aliphatic hydroxyl groups excluding tert-OH is 1. The largest absolute Gasteiger partial charge is 0.397 e.